The number of nitrogens with zero attached hydrogens (tertiary/aromatic N) is 1. The summed E-state index contributed by atoms with van der Waals surface area (Å²) in [7, 11) is 0. The number of nitrogens with one attached hydrogen (secondary N) is 1. The van der Waals surface area contributed by atoms with Crippen molar-refractivity contribution in [2.24, 2.45) is 0 Å². The molecule has 0 radical (unpaired) electrons. The van der Waals surface area contributed by atoms with Gasteiger partial charge in [-0.25, -0.2) is 4.79 Å². The van der Waals surface area contributed by atoms with Crippen molar-refractivity contribution in [1.82, 2.24) is 4.98 Å². The summed E-state index contributed by atoms with van der Waals surface area (Å²) in [5.41, 5.74) is 1.57. The molecule has 0 aliphatic heterocycles. The predicted molar refractivity (Wildman–Crippen MR) is 69.8 cm³/mol. The Balaban J connectivity index is 2.37. The summed E-state index contributed by atoms with van der Waals surface area (Å²) < 4.78 is 0.906. The second kappa shape index (κ2) is 4.97. The molecule has 2 rings (SSSR count). The molecule has 5 heteroatoms. The first-order valence-electron chi connectivity index (χ1n) is 4.87. The number of anilines is 1. The molecule has 0 saturated heterocycles. The SMILES string of the molecule is O=C(O)/C=C/Nc1cccc2cc(Br)cnc12. The van der Waals surface area contributed by atoms with E-state index in [-0.39, 0.29) is 0 Å². The third kappa shape index (κ3) is 2.82. The summed E-state index contributed by atoms with van der Waals surface area (Å²) in [6, 6.07) is 7.62. The number of hydrogen-bond donors (Lipinski definition) is 2. The van der Waals surface area contributed by atoms with Crippen molar-refractivity contribution in [1.29, 1.82) is 0 Å². The van der Waals surface area contributed by atoms with Crippen LogP contribution in [0.4, 0.5) is 5.69 Å². The Morgan fingerprint density at radius 2 is 2.29 bits per heavy atom. The molecule has 86 valence electrons. The third-order valence-corrected chi connectivity index (χ3v) is 2.58. The Kier molecular flexibility index (Phi) is 3.39. The highest BCUT2D eigenvalue weighted by Gasteiger charge is 2.01. The van der Waals surface area contributed by atoms with Crippen LogP contribution in [0.25, 0.3) is 10.9 Å². The van der Waals surface area contributed by atoms with Gasteiger partial charge in [0.25, 0.3) is 0 Å². The van der Waals surface area contributed by atoms with Crippen LogP contribution in [0.1, 0.15) is 0 Å². The maximum Gasteiger partial charge on any atom is 0.329 e. The minimum Gasteiger partial charge on any atom is -0.478 e. The largest absolute Gasteiger partial charge is 0.478 e. The zero-order valence-corrected chi connectivity index (χ0v) is 10.3. The number of carbonyl (C=O) groups is 1. The number of pyridine rings is 1. The third-order valence-electron chi connectivity index (χ3n) is 2.14. The molecule has 0 bridgehead atoms. The minimum atomic E-state index is -0.992. The van der Waals surface area contributed by atoms with Crippen molar-refractivity contribution >= 4 is 38.5 Å². The minimum absolute atomic E-state index is 0.771. The maximum absolute atomic E-state index is 10.3. The summed E-state index contributed by atoms with van der Waals surface area (Å²) in [5, 5.41) is 12.4. The van der Waals surface area contributed by atoms with Crippen LogP contribution in [0.2, 0.25) is 0 Å². The molecule has 2 N–H and O–H groups in total. The number of benzene rings is 1. The van der Waals surface area contributed by atoms with Crippen LogP contribution in [-0.4, -0.2) is 16.1 Å². The van der Waals surface area contributed by atoms with Gasteiger partial charge < -0.3 is 10.4 Å². The van der Waals surface area contributed by atoms with E-state index in [1.807, 2.05) is 24.3 Å². The molecule has 0 amide bonds. The Labute approximate surface area is 106 Å². The number of fused-ring (bicyclic) bond motifs is 1. The molecule has 1 aromatic carbocycles. The molecule has 0 atom stereocenters. The molecular formula is C12H9BrN2O2. The van der Waals surface area contributed by atoms with Crippen LogP contribution in [0.3, 0.4) is 0 Å². The smallest absolute Gasteiger partial charge is 0.329 e. The van der Waals surface area contributed by atoms with Crippen molar-refractivity contribution in [3.05, 3.63) is 47.2 Å². The van der Waals surface area contributed by atoms with Crippen molar-refractivity contribution < 1.29 is 9.90 Å². The molecule has 0 unspecified atom stereocenters. The van der Waals surface area contributed by atoms with Gasteiger partial charge in [-0.2, -0.15) is 0 Å². The molecule has 1 heterocycles. The van der Waals surface area contributed by atoms with Gasteiger partial charge in [0.2, 0.25) is 0 Å². The number of hydrogen-bond acceptors (Lipinski definition) is 3. The van der Waals surface area contributed by atoms with Gasteiger partial charge in [-0.05, 0) is 28.1 Å². The van der Waals surface area contributed by atoms with Crippen molar-refractivity contribution in [3.63, 3.8) is 0 Å². The number of halogens is 1. The quantitative estimate of drug-likeness (QED) is 0.854. The van der Waals surface area contributed by atoms with Crippen LogP contribution in [0.15, 0.2) is 47.2 Å². The predicted octanol–water partition coefficient (Wildman–Crippen LogP) is 3.01. The lowest BCUT2D eigenvalue weighted by Gasteiger charge is -2.05. The van der Waals surface area contributed by atoms with Gasteiger partial charge in [0.1, 0.15) is 0 Å². The Morgan fingerprint density at radius 1 is 1.47 bits per heavy atom. The lowest BCUT2D eigenvalue weighted by atomic mass is 10.2. The topological polar surface area (TPSA) is 62.2 Å². The maximum atomic E-state index is 10.3. The Bertz CT molecular complexity index is 596. The number of carboxylic acids is 1. The monoisotopic (exact) mass is 292 g/mol. The molecule has 0 fully saturated rings. The molecule has 1 aromatic heterocycles. The van der Waals surface area contributed by atoms with E-state index < -0.39 is 5.97 Å². The molecule has 4 nitrogen and oxygen atoms in total. The number of para-hydroxylation sites is 1. The van der Waals surface area contributed by atoms with Gasteiger partial charge in [0.15, 0.2) is 0 Å². The normalized spacial score (nSPS) is 10.9. The second-order valence-electron chi connectivity index (χ2n) is 3.35. The lowest BCUT2D eigenvalue weighted by Crippen LogP contribution is -1.94. The van der Waals surface area contributed by atoms with Crippen molar-refractivity contribution in [3.8, 4) is 0 Å². The molecule has 2 aromatic rings. The van der Waals surface area contributed by atoms with Gasteiger partial charge >= 0.3 is 5.97 Å². The van der Waals surface area contributed by atoms with E-state index >= 15 is 0 Å². The summed E-state index contributed by atoms with van der Waals surface area (Å²) >= 11 is 3.35. The van der Waals surface area contributed by atoms with Gasteiger partial charge in [-0.1, -0.05) is 12.1 Å². The lowest BCUT2D eigenvalue weighted by molar-refractivity contribution is -0.131. The van der Waals surface area contributed by atoms with Crippen molar-refractivity contribution in [2.75, 3.05) is 5.32 Å². The Hall–Kier alpha value is -1.88. The summed E-state index contributed by atoms with van der Waals surface area (Å²) in [5.74, 6) is -0.992. The van der Waals surface area contributed by atoms with Gasteiger partial charge in [0.05, 0.1) is 11.2 Å². The zero-order valence-electron chi connectivity index (χ0n) is 8.72. The summed E-state index contributed by atoms with van der Waals surface area (Å²) in [6.07, 6.45) is 4.12. The first kappa shape index (κ1) is 11.6. The zero-order chi connectivity index (χ0) is 12.3. The Morgan fingerprint density at radius 3 is 3.06 bits per heavy atom. The van der Waals surface area contributed by atoms with E-state index in [9.17, 15) is 4.79 Å². The van der Waals surface area contributed by atoms with Gasteiger partial charge in [-0.15, -0.1) is 0 Å². The fourth-order valence-electron chi connectivity index (χ4n) is 1.45. The molecule has 0 aliphatic rings. The van der Waals surface area contributed by atoms with Gasteiger partial charge in [0, 0.05) is 28.3 Å². The van der Waals surface area contributed by atoms with E-state index in [0.717, 1.165) is 27.1 Å². The van der Waals surface area contributed by atoms with Crippen LogP contribution in [0.5, 0.6) is 0 Å². The van der Waals surface area contributed by atoms with Crippen LogP contribution < -0.4 is 5.32 Å². The summed E-state index contributed by atoms with van der Waals surface area (Å²) in [6.45, 7) is 0. The van der Waals surface area contributed by atoms with Crippen molar-refractivity contribution in [2.45, 2.75) is 0 Å². The number of carboxylic acid groups (broad SMARTS) is 1. The van der Waals surface area contributed by atoms with E-state index in [2.05, 4.69) is 26.2 Å². The molecule has 0 saturated carbocycles. The number of aliphatic carboxylic acids is 1. The number of rotatable bonds is 3. The second-order valence-corrected chi connectivity index (χ2v) is 4.26. The van der Waals surface area contributed by atoms with Crippen LogP contribution in [0, 0.1) is 0 Å². The summed E-state index contributed by atoms with van der Waals surface area (Å²) in [4.78, 5) is 14.6. The standard InChI is InChI=1S/C12H9BrN2O2/c13-9-6-8-2-1-3-10(12(8)15-7-9)14-5-4-11(16)17/h1-7,14H,(H,16,17)/b5-4+. The van der Waals surface area contributed by atoms with E-state index in [4.69, 9.17) is 5.11 Å². The fourth-order valence-corrected chi connectivity index (χ4v) is 1.80. The van der Waals surface area contributed by atoms with E-state index in [1.165, 1.54) is 6.20 Å². The highest BCUT2D eigenvalue weighted by atomic mass is 79.9. The molecule has 0 aliphatic carbocycles. The fraction of sp³-hybridized carbons (Fsp3) is 0. The first-order valence-corrected chi connectivity index (χ1v) is 5.66. The molecular weight excluding hydrogens is 284 g/mol. The average molecular weight is 293 g/mol. The highest BCUT2D eigenvalue weighted by molar-refractivity contribution is 9.10. The highest BCUT2D eigenvalue weighted by Crippen LogP contribution is 2.23. The molecule has 17 heavy (non-hydrogen) atoms. The number of aromatic nitrogens is 1. The van der Waals surface area contributed by atoms with E-state index in [1.54, 1.807) is 6.20 Å². The van der Waals surface area contributed by atoms with Crippen LogP contribution in [-0.2, 0) is 4.79 Å². The van der Waals surface area contributed by atoms with Crippen LogP contribution >= 0.6 is 15.9 Å². The first-order chi connectivity index (χ1) is 8.16. The van der Waals surface area contributed by atoms with E-state index in [0.29, 0.717) is 0 Å². The average Bonchev–Trinajstić information content (AvgIpc) is 2.28. The molecule has 0 spiro atoms. The van der Waals surface area contributed by atoms with Gasteiger partial charge in [-0.3, -0.25) is 4.98 Å².